The highest BCUT2D eigenvalue weighted by atomic mass is 16.1. The van der Waals surface area contributed by atoms with Crippen LogP contribution in [0.3, 0.4) is 0 Å². The smallest absolute Gasteiger partial charge is 0.220 e. The molecule has 0 aliphatic rings. The molecule has 0 radical (unpaired) electrons. The molecule has 160 valence electrons. The van der Waals surface area contributed by atoms with E-state index in [1.807, 2.05) is 73.2 Å². The zero-order chi connectivity index (χ0) is 22.0. The van der Waals surface area contributed by atoms with Gasteiger partial charge in [-0.15, -0.1) is 0 Å². The molecule has 4 rings (SSSR count). The van der Waals surface area contributed by atoms with Crippen LogP contribution in [-0.2, 0) is 11.2 Å². The average molecular weight is 423 g/mol. The van der Waals surface area contributed by atoms with Gasteiger partial charge in [0, 0.05) is 49.5 Å². The number of rotatable bonds is 9. The summed E-state index contributed by atoms with van der Waals surface area (Å²) < 4.78 is 0. The number of aryl methyl sites for hydroxylation is 1. The van der Waals surface area contributed by atoms with E-state index in [0.717, 1.165) is 29.5 Å². The maximum atomic E-state index is 13.0. The van der Waals surface area contributed by atoms with Gasteiger partial charge in [0.05, 0.1) is 6.04 Å². The third-order valence-electron chi connectivity index (χ3n) is 5.49. The lowest BCUT2D eigenvalue weighted by Crippen LogP contribution is -2.33. The van der Waals surface area contributed by atoms with E-state index in [1.165, 1.54) is 5.56 Å². The molecule has 0 saturated heterocycles. The fraction of sp³-hybridized carbons (Fsp3) is 0.185. The van der Waals surface area contributed by atoms with E-state index >= 15 is 0 Å². The Hall–Kier alpha value is -3.86. The molecule has 1 N–H and O–H groups in total. The molecule has 0 saturated carbocycles. The molecule has 5 heteroatoms. The fourth-order valence-electron chi connectivity index (χ4n) is 3.96. The summed E-state index contributed by atoms with van der Waals surface area (Å²) in [7, 11) is 0. The molecule has 0 fully saturated rings. The summed E-state index contributed by atoms with van der Waals surface area (Å²) in [6, 6.07) is 21.8. The molecule has 1 aromatic carbocycles. The van der Waals surface area contributed by atoms with Gasteiger partial charge in [0.15, 0.2) is 0 Å². The molecule has 0 spiro atoms. The van der Waals surface area contributed by atoms with E-state index in [4.69, 9.17) is 0 Å². The number of aromatic nitrogens is 3. The summed E-state index contributed by atoms with van der Waals surface area (Å²) in [5.41, 5.74) is 4.21. The van der Waals surface area contributed by atoms with Gasteiger partial charge in [-0.1, -0.05) is 48.5 Å². The highest BCUT2D eigenvalue weighted by molar-refractivity contribution is 5.76. The van der Waals surface area contributed by atoms with Crippen molar-refractivity contribution in [3.63, 3.8) is 0 Å². The summed E-state index contributed by atoms with van der Waals surface area (Å²) in [4.78, 5) is 26.0. The predicted molar refractivity (Wildman–Crippen MR) is 125 cm³/mol. The minimum atomic E-state index is -0.290. The number of hydrogen-bond donors (Lipinski definition) is 1. The van der Waals surface area contributed by atoms with Crippen LogP contribution >= 0.6 is 0 Å². The third kappa shape index (κ3) is 5.64. The molecule has 1 atom stereocenters. The third-order valence-corrected chi connectivity index (χ3v) is 5.49. The van der Waals surface area contributed by atoms with Crippen molar-refractivity contribution in [2.24, 2.45) is 0 Å². The van der Waals surface area contributed by atoms with Crippen molar-refractivity contribution in [2.45, 2.75) is 31.2 Å². The number of pyridine rings is 3. The highest BCUT2D eigenvalue weighted by Gasteiger charge is 2.28. The molecule has 5 nitrogen and oxygen atoms in total. The first-order valence-corrected chi connectivity index (χ1v) is 10.8. The van der Waals surface area contributed by atoms with Crippen LogP contribution in [0.5, 0.6) is 0 Å². The van der Waals surface area contributed by atoms with E-state index < -0.39 is 0 Å². The van der Waals surface area contributed by atoms with Crippen molar-refractivity contribution in [3.05, 3.63) is 126 Å². The standard InChI is InChI=1S/C27H26N4O/c32-25(14-4-10-21-8-2-1-3-9-21)31-27(24-13-7-17-30-20-24)26(22-11-5-15-28-18-22)23-12-6-16-29-19-23/h1-3,5-9,11-13,15-20,26-27H,4,10,14H2,(H,31,32). The van der Waals surface area contributed by atoms with Crippen molar-refractivity contribution in [1.82, 2.24) is 20.3 Å². The summed E-state index contributed by atoms with van der Waals surface area (Å²) in [5.74, 6) is -0.118. The normalized spacial score (nSPS) is 11.8. The molecule has 1 amide bonds. The quantitative estimate of drug-likeness (QED) is 0.417. The Labute approximate surface area is 188 Å². The van der Waals surface area contributed by atoms with Crippen LogP contribution in [0.4, 0.5) is 0 Å². The maximum Gasteiger partial charge on any atom is 0.220 e. The molecule has 0 aliphatic carbocycles. The Balaban J connectivity index is 1.58. The second kappa shape index (κ2) is 11.0. The summed E-state index contributed by atoms with van der Waals surface area (Å²) in [6.45, 7) is 0. The molecule has 0 bridgehead atoms. The van der Waals surface area contributed by atoms with Gasteiger partial charge in [-0.05, 0) is 53.3 Å². The van der Waals surface area contributed by atoms with Crippen LogP contribution in [-0.4, -0.2) is 20.9 Å². The Morgan fingerprint density at radius 3 is 1.81 bits per heavy atom. The molecular weight excluding hydrogens is 396 g/mol. The first-order valence-electron chi connectivity index (χ1n) is 10.8. The Bertz CT molecular complexity index is 1050. The minimum Gasteiger partial charge on any atom is -0.348 e. The summed E-state index contributed by atoms with van der Waals surface area (Å²) >= 11 is 0. The molecule has 3 heterocycles. The lowest BCUT2D eigenvalue weighted by atomic mass is 9.83. The SMILES string of the molecule is O=C(CCCc1ccccc1)NC(c1cccnc1)C(c1cccnc1)c1cccnc1. The number of hydrogen-bond acceptors (Lipinski definition) is 4. The molecule has 3 aromatic heterocycles. The molecule has 32 heavy (non-hydrogen) atoms. The summed E-state index contributed by atoms with van der Waals surface area (Å²) in [5, 5.41) is 3.28. The van der Waals surface area contributed by atoms with E-state index in [9.17, 15) is 4.79 Å². The fourth-order valence-corrected chi connectivity index (χ4v) is 3.96. The van der Waals surface area contributed by atoms with Gasteiger partial charge in [0.1, 0.15) is 0 Å². The first kappa shape index (κ1) is 21.4. The van der Waals surface area contributed by atoms with E-state index in [2.05, 4.69) is 32.4 Å². The van der Waals surface area contributed by atoms with Gasteiger partial charge >= 0.3 is 0 Å². The Kier molecular flexibility index (Phi) is 7.32. The average Bonchev–Trinajstić information content (AvgIpc) is 2.86. The van der Waals surface area contributed by atoms with Crippen LogP contribution in [0.1, 0.15) is 47.1 Å². The molecule has 1 unspecified atom stereocenters. The van der Waals surface area contributed by atoms with Crippen LogP contribution < -0.4 is 5.32 Å². The zero-order valence-electron chi connectivity index (χ0n) is 17.8. The van der Waals surface area contributed by atoms with Crippen LogP contribution in [0.25, 0.3) is 0 Å². The van der Waals surface area contributed by atoms with E-state index in [-0.39, 0.29) is 17.9 Å². The van der Waals surface area contributed by atoms with Gasteiger partial charge in [-0.25, -0.2) is 0 Å². The van der Waals surface area contributed by atoms with Gasteiger partial charge < -0.3 is 5.32 Å². The van der Waals surface area contributed by atoms with Crippen LogP contribution in [0.2, 0.25) is 0 Å². The zero-order valence-corrected chi connectivity index (χ0v) is 17.8. The van der Waals surface area contributed by atoms with Gasteiger partial charge in [-0.2, -0.15) is 0 Å². The monoisotopic (exact) mass is 422 g/mol. The molecule has 0 aliphatic heterocycles. The first-order chi connectivity index (χ1) is 15.8. The van der Waals surface area contributed by atoms with Crippen molar-refractivity contribution in [3.8, 4) is 0 Å². The lowest BCUT2D eigenvalue weighted by Gasteiger charge is -2.29. The Morgan fingerprint density at radius 1 is 0.719 bits per heavy atom. The highest BCUT2D eigenvalue weighted by Crippen LogP contribution is 2.36. The molecular formula is C27H26N4O. The van der Waals surface area contributed by atoms with Gasteiger partial charge in [-0.3, -0.25) is 19.7 Å². The van der Waals surface area contributed by atoms with E-state index in [1.54, 1.807) is 18.6 Å². The van der Waals surface area contributed by atoms with Gasteiger partial charge in [0.2, 0.25) is 5.91 Å². The molecule has 4 aromatic rings. The number of benzene rings is 1. The second-order valence-corrected chi connectivity index (χ2v) is 7.72. The maximum absolute atomic E-state index is 13.0. The largest absolute Gasteiger partial charge is 0.348 e. The summed E-state index contributed by atoms with van der Waals surface area (Å²) in [6.07, 6.45) is 12.9. The minimum absolute atomic E-state index is 0.0209. The second-order valence-electron chi connectivity index (χ2n) is 7.72. The van der Waals surface area contributed by atoms with Crippen LogP contribution in [0.15, 0.2) is 104 Å². The van der Waals surface area contributed by atoms with Crippen molar-refractivity contribution >= 4 is 5.91 Å². The van der Waals surface area contributed by atoms with E-state index in [0.29, 0.717) is 6.42 Å². The van der Waals surface area contributed by atoms with Crippen molar-refractivity contribution in [1.29, 1.82) is 0 Å². The van der Waals surface area contributed by atoms with Crippen LogP contribution in [0, 0.1) is 0 Å². The number of carbonyl (C=O) groups is 1. The number of nitrogens with one attached hydrogen (secondary N) is 1. The van der Waals surface area contributed by atoms with Crippen molar-refractivity contribution < 1.29 is 4.79 Å². The number of carbonyl (C=O) groups excluding carboxylic acids is 1. The predicted octanol–water partition coefficient (Wildman–Crippen LogP) is 4.88. The van der Waals surface area contributed by atoms with Gasteiger partial charge in [0.25, 0.3) is 0 Å². The lowest BCUT2D eigenvalue weighted by molar-refractivity contribution is -0.122. The van der Waals surface area contributed by atoms with Crippen molar-refractivity contribution in [2.75, 3.05) is 0 Å². The Morgan fingerprint density at radius 2 is 1.28 bits per heavy atom. The number of nitrogens with zero attached hydrogens (tertiary/aromatic N) is 3. The topological polar surface area (TPSA) is 67.8 Å². The number of amides is 1.